The van der Waals surface area contributed by atoms with Crippen molar-refractivity contribution in [3.05, 3.63) is 35.5 Å². The molecule has 0 unspecified atom stereocenters. The van der Waals surface area contributed by atoms with Gasteiger partial charge in [-0.25, -0.2) is 9.50 Å². The number of hydrogen-bond donors (Lipinski definition) is 1. The summed E-state index contributed by atoms with van der Waals surface area (Å²) in [6, 6.07) is 7.83. The molecule has 19 heavy (non-hydrogen) atoms. The van der Waals surface area contributed by atoms with Crippen LogP contribution in [-0.4, -0.2) is 28.3 Å². The Morgan fingerprint density at radius 2 is 2.21 bits per heavy atom. The van der Waals surface area contributed by atoms with Gasteiger partial charge in [0.05, 0.1) is 19.0 Å². The Balaban J connectivity index is 2.03. The smallest absolute Gasteiger partial charge is 0.212 e. The summed E-state index contributed by atoms with van der Waals surface area (Å²) in [6.07, 6.45) is 2.71. The Morgan fingerprint density at radius 1 is 1.37 bits per heavy atom. The van der Waals surface area contributed by atoms with E-state index in [2.05, 4.69) is 10.1 Å². The summed E-state index contributed by atoms with van der Waals surface area (Å²) in [5.74, 6) is 0.815. The fourth-order valence-electron chi connectivity index (χ4n) is 1.95. The van der Waals surface area contributed by atoms with Gasteiger partial charge in [0.15, 0.2) is 0 Å². The summed E-state index contributed by atoms with van der Waals surface area (Å²) in [7, 11) is 1.66. The number of hydrogen-bond acceptors (Lipinski definition) is 5. The molecule has 0 saturated carbocycles. The summed E-state index contributed by atoms with van der Waals surface area (Å²) in [5, 5.41) is 5.47. The Kier molecular flexibility index (Phi) is 3.18. The molecule has 0 bridgehead atoms. The van der Waals surface area contributed by atoms with Crippen molar-refractivity contribution in [3.63, 3.8) is 0 Å². The van der Waals surface area contributed by atoms with Gasteiger partial charge in [-0.15, -0.1) is 0 Å². The molecular weight excluding hydrogens is 260 g/mol. The highest BCUT2D eigenvalue weighted by atomic mass is 32.1. The van der Waals surface area contributed by atoms with Crippen LogP contribution in [-0.2, 0) is 6.42 Å². The van der Waals surface area contributed by atoms with Crippen molar-refractivity contribution in [2.75, 3.05) is 13.7 Å². The molecule has 0 saturated heterocycles. The van der Waals surface area contributed by atoms with E-state index in [4.69, 9.17) is 10.5 Å². The molecule has 2 heterocycles. The summed E-state index contributed by atoms with van der Waals surface area (Å²) in [4.78, 5) is 5.47. The highest BCUT2D eigenvalue weighted by Crippen LogP contribution is 2.29. The number of para-hydroxylation sites is 1. The molecule has 3 aromatic rings. The third kappa shape index (κ3) is 2.20. The van der Waals surface area contributed by atoms with Gasteiger partial charge in [-0.05, 0) is 18.7 Å². The minimum atomic E-state index is 0.607. The van der Waals surface area contributed by atoms with Crippen molar-refractivity contribution in [1.82, 2.24) is 14.6 Å². The molecule has 0 spiro atoms. The SMILES string of the molecule is COc1ccccc1-c1cn2nc(CCN)sc2n1. The number of rotatable bonds is 4. The zero-order chi connectivity index (χ0) is 13.2. The third-order valence-electron chi connectivity index (χ3n) is 2.83. The Labute approximate surface area is 114 Å². The lowest BCUT2D eigenvalue weighted by Gasteiger charge is -2.04. The summed E-state index contributed by atoms with van der Waals surface area (Å²) < 4.78 is 7.15. The minimum absolute atomic E-state index is 0.607. The predicted molar refractivity (Wildman–Crippen MR) is 75.6 cm³/mol. The van der Waals surface area contributed by atoms with E-state index in [-0.39, 0.29) is 0 Å². The molecule has 0 aliphatic carbocycles. The maximum atomic E-state index is 5.53. The van der Waals surface area contributed by atoms with E-state index >= 15 is 0 Å². The Bertz CT molecular complexity index is 672. The third-order valence-corrected chi connectivity index (χ3v) is 3.81. The molecule has 0 radical (unpaired) electrons. The van der Waals surface area contributed by atoms with Crippen LogP contribution < -0.4 is 10.5 Å². The second-order valence-electron chi connectivity index (χ2n) is 4.09. The Morgan fingerprint density at radius 3 is 2.95 bits per heavy atom. The van der Waals surface area contributed by atoms with E-state index in [0.717, 1.165) is 33.4 Å². The second-order valence-corrected chi connectivity index (χ2v) is 5.13. The largest absolute Gasteiger partial charge is 0.496 e. The molecule has 2 N–H and O–H groups in total. The quantitative estimate of drug-likeness (QED) is 0.790. The van der Waals surface area contributed by atoms with Crippen LogP contribution in [0.3, 0.4) is 0 Å². The normalized spacial score (nSPS) is 11.1. The van der Waals surface area contributed by atoms with Gasteiger partial charge in [0.1, 0.15) is 10.8 Å². The van der Waals surface area contributed by atoms with Crippen molar-refractivity contribution in [3.8, 4) is 17.0 Å². The van der Waals surface area contributed by atoms with Crippen LogP contribution in [0.4, 0.5) is 0 Å². The number of fused-ring (bicyclic) bond motifs is 1. The molecule has 5 nitrogen and oxygen atoms in total. The van der Waals surface area contributed by atoms with Crippen LogP contribution in [0.25, 0.3) is 16.2 Å². The van der Waals surface area contributed by atoms with E-state index in [9.17, 15) is 0 Å². The maximum Gasteiger partial charge on any atom is 0.212 e. The number of ether oxygens (including phenoxy) is 1. The lowest BCUT2D eigenvalue weighted by Crippen LogP contribution is -2.02. The molecule has 2 aromatic heterocycles. The van der Waals surface area contributed by atoms with Crippen LogP contribution in [0.5, 0.6) is 5.75 Å². The first kappa shape index (κ1) is 12.1. The lowest BCUT2D eigenvalue weighted by molar-refractivity contribution is 0.416. The molecule has 0 aliphatic rings. The second kappa shape index (κ2) is 4.99. The summed E-state index contributed by atoms with van der Waals surface area (Å²) >= 11 is 1.57. The number of nitrogens with two attached hydrogens (primary N) is 1. The van der Waals surface area contributed by atoms with E-state index in [0.29, 0.717) is 6.54 Å². The van der Waals surface area contributed by atoms with Crippen LogP contribution in [0.1, 0.15) is 5.01 Å². The molecule has 3 rings (SSSR count). The van der Waals surface area contributed by atoms with E-state index < -0.39 is 0 Å². The highest BCUT2D eigenvalue weighted by Gasteiger charge is 2.12. The van der Waals surface area contributed by atoms with Crippen molar-refractivity contribution < 1.29 is 4.74 Å². The number of nitrogens with zero attached hydrogens (tertiary/aromatic N) is 3. The van der Waals surface area contributed by atoms with E-state index in [1.807, 2.05) is 30.5 Å². The molecule has 98 valence electrons. The first-order valence-electron chi connectivity index (χ1n) is 6.00. The fraction of sp³-hybridized carbons (Fsp3) is 0.231. The monoisotopic (exact) mass is 274 g/mol. The molecule has 0 atom stereocenters. The number of methoxy groups -OCH3 is 1. The van der Waals surface area contributed by atoms with Crippen LogP contribution in [0.15, 0.2) is 30.5 Å². The summed E-state index contributed by atoms with van der Waals surface area (Å²) in [5.41, 5.74) is 7.38. The van der Waals surface area contributed by atoms with Gasteiger partial charge < -0.3 is 10.5 Å². The summed E-state index contributed by atoms with van der Waals surface area (Å²) in [6.45, 7) is 0.607. The lowest BCUT2D eigenvalue weighted by atomic mass is 10.1. The van der Waals surface area contributed by atoms with Crippen molar-refractivity contribution >= 4 is 16.3 Å². The Hall–Kier alpha value is -1.92. The number of imidazole rings is 1. The molecule has 6 heteroatoms. The number of benzene rings is 1. The fourth-order valence-corrected chi connectivity index (χ4v) is 2.84. The zero-order valence-corrected chi connectivity index (χ0v) is 11.4. The minimum Gasteiger partial charge on any atom is -0.496 e. The zero-order valence-electron chi connectivity index (χ0n) is 10.5. The first-order valence-corrected chi connectivity index (χ1v) is 6.82. The molecule has 0 amide bonds. The van der Waals surface area contributed by atoms with Gasteiger partial charge in [0, 0.05) is 12.0 Å². The number of aromatic nitrogens is 3. The van der Waals surface area contributed by atoms with Gasteiger partial charge in [-0.3, -0.25) is 0 Å². The molecule has 1 aromatic carbocycles. The highest BCUT2D eigenvalue weighted by molar-refractivity contribution is 7.16. The van der Waals surface area contributed by atoms with Gasteiger partial charge in [-0.2, -0.15) is 5.10 Å². The molecular formula is C13H14N4OS. The molecule has 0 fully saturated rings. The van der Waals surface area contributed by atoms with Crippen LogP contribution >= 0.6 is 11.3 Å². The van der Waals surface area contributed by atoms with Crippen LogP contribution in [0.2, 0.25) is 0 Å². The average molecular weight is 274 g/mol. The predicted octanol–water partition coefficient (Wildman–Crippen LogP) is 1.97. The van der Waals surface area contributed by atoms with Gasteiger partial charge >= 0.3 is 0 Å². The van der Waals surface area contributed by atoms with Gasteiger partial charge in [-0.1, -0.05) is 23.5 Å². The van der Waals surface area contributed by atoms with Crippen molar-refractivity contribution in [1.29, 1.82) is 0 Å². The van der Waals surface area contributed by atoms with Crippen molar-refractivity contribution in [2.24, 2.45) is 5.73 Å². The topological polar surface area (TPSA) is 65.4 Å². The molecule has 0 aliphatic heterocycles. The van der Waals surface area contributed by atoms with E-state index in [1.165, 1.54) is 0 Å². The van der Waals surface area contributed by atoms with Crippen LogP contribution in [0, 0.1) is 0 Å². The first-order chi connectivity index (χ1) is 9.31. The van der Waals surface area contributed by atoms with E-state index in [1.54, 1.807) is 23.0 Å². The maximum absolute atomic E-state index is 5.53. The standard InChI is InChI=1S/C13H14N4OS/c1-18-11-5-3-2-4-9(11)10-8-17-13(15-10)19-12(16-17)6-7-14/h2-5,8H,6-7,14H2,1H3. The van der Waals surface area contributed by atoms with Gasteiger partial charge in [0.2, 0.25) is 4.96 Å². The average Bonchev–Trinajstić information content (AvgIpc) is 2.97. The van der Waals surface area contributed by atoms with Gasteiger partial charge in [0.25, 0.3) is 0 Å². The van der Waals surface area contributed by atoms with Crippen molar-refractivity contribution in [2.45, 2.75) is 6.42 Å².